The van der Waals surface area contributed by atoms with Crippen LogP contribution < -0.4 is 4.90 Å². The number of halogens is 1. The molecule has 4 rings (SSSR count). The van der Waals surface area contributed by atoms with Gasteiger partial charge in [-0.25, -0.2) is 4.39 Å². The van der Waals surface area contributed by atoms with Crippen LogP contribution in [0.5, 0.6) is 0 Å². The zero-order valence-corrected chi connectivity index (χ0v) is 17.3. The number of anilines is 1. The van der Waals surface area contributed by atoms with Gasteiger partial charge >= 0.3 is 0 Å². The molecule has 0 aliphatic carbocycles. The van der Waals surface area contributed by atoms with Crippen molar-refractivity contribution in [1.82, 2.24) is 4.90 Å². The number of thioether (sulfide) groups is 1. The molecule has 4 nitrogen and oxygen atoms in total. The Kier molecular flexibility index (Phi) is 5.90. The lowest BCUT2D eigenvalue weighted by Crippen LogP contribution is -2.38. The first-order valence-electron chi connectivity index (χ1n) is 10.0. The van der Waals surface area contributed by atoms with Crippen molar-refractivity contribution < 1.29 is 14.0 Å². The maximum atomic E-state index is 14.1. The zero-order valence-electron chi connectivity index (χ0n) is 16.5. The summed E-state index contributed by atoms with van der Waals surface area (Å²) in [4.78, 5) is 29.2. The van der Waals surface area contributed by atoms with Gasteiger partial charge in [-0.1, -0.05) is 35.9 Å². The summed E-state index contributed by atoms with van der Waals surface area (Å²) in [5.74, 6) is 0.328. The van der Waals surface area contributed by atoms with E-state index in [1.807, 2.05) is 48.2 Å². The summed E-state index contributed by atoms with van der Waals surface area (Å²) in [7, 11) is 0. The molecule has 6 heteroatoms. The third kappa shape index (κ3) is 4.32. The van der Waals surface area contributed by atoms with Crippen LogP contribution in [0.25, 0.3) is 0 Å². The Hall–Kier alpha value is -2.34. The van der Waals surface area contributed by atoms with Crippen LogP contribution in [-0.4, -0.2) is 42.1 Å². The first-order valence-corrected chi connectivity index (χ1v) is 11.1. The van der Waals surface area contributed by atoms with Crippen molar-refractivity contribution in [2.45, 2.75) is 25.0 Å². The number of carbonyl (C=O) groups excluding carboxylic acids is 2. The van der Waals surface area contributed by atoms with Crippen molar-refractivity contribution in [3.63, 3.8) is 0 Å². The van der Waals surface area contributed by atoms with E-state index in [1.54, 1.807) is 22.7 Å². The number of carbonyl (C=O) groups is 2. The zero-order chi connectivity index (χ0) is 20.4. The van der Waals surface area contributed by atoms with Gasteiger partial charge in [0.1, 0.15) is 5.82 Å². The fourth-order valence-corrected chi connectivity index (χ4v) is 5.33. The van der Waals surface area contributed by atoms with Gasteiger partial charge in [0, 0.05) is 48.3 Å². The first kappa shape index (κ1) is 20.0. The van der Waals surface area contributed by atoms with Gasteiger partial charge in [0.25, 0.3) is 0 Å². The minimum atomic E-state index is -0.307. The second-order valence-corrected chi connectivity index (χ2v) is 9.05. The van der Waals surface area contributed by atoms with Crippen molar-refractivity contribution in [3.05, 3.63) is 65.5 Å². The molecular formula is C23H25FN2O2S. The molecule has 0 spiro atoms. The van der Waals surface area contributed by atoms with Gasteiger partial charge in [-0.05, 0) is 31.5 Å². The van der Waals surface area contributed by atoms with Crippen LogP contribution in [0.15, 0.2) is 48.5 Å². The molecule has 2 unspecified atom stereocenters. The lowest BCUT2D eigenvalue weighted by molar-refractivity contribution is -0.135. The fraction of sp³-hybridized carbons (Fsp3) is 0.391. The second-order valence-electron chi connectivity index (χ2n) is 7.74. The van der Waals surface area contributed by atoms with Gasteiger partial charge in [0.05, 0.1) is 5.92 Å². The number of rotatable bonds is 3. The number of aryl methyl sites for hydroxylation is 1. The molecule has 2 aromatic carbocycles. The monoisotopic (exact) mass is 412 g/mol. The fourth-order valence-electron chi connectivity index (χ4n) is 4.08. The van der Waals surface area contributed by atoms with Crippen molar-refractivity contribution >= 4 is 29.3 Å². The molecule has 0 aromatic heterocycles. The second kappa shape index (κ2) is 8.57. The Labute approximate surface area is 175 Å². The first-order chi connectivity index (χ1) is 14.0. The van der Waals surface area contributed by atoms with E-state index >= 15 is 0 Å². The molecule has 2 fully saturated rings. The Bertz CT molecular complexity index is 902. The van der Waals surface area contributed by atoms with Gasteiger partial charge in [-0.15, -0.1) is 0 Å². The largest absolute Gasteiger partial charge is 0.342 e. The van der Waals surface area contributed by atoms with Gasteiger partial charge in [0.15, 0.2) is 0 Å². The molecular weight excluding hydrogens is 387 g/mol. The summed E-state index contributed by atoms with van der Waals surface area (Å²) in [5.41, 5.74) is 2.70. The molecule has 29 heavy (non-hydrogen) atoms. The van der Waals surface area contributed by atoms with Crippen molar-refractivity contribution in [3.8, 4) is 0 Å². The summed E-state index contributed by atoms with van der Waals surface area (Å²) in [6.45, 7) is 3.68. The maximum absolute atomic E-state index is 14.1. The number of amides is 2. The van der Waals surface area contributed by atoms with Crippen LogP contribution >= 0.6 is 11.8 Å². The summed E-state index contributed by atoms with van der Waals surface area (Å²) < 4.78 is 14.1. The summed E-state index contributed by atoms with van der Waals surface area (Å²) in [6, 6.07) is 14.7. The minimum Gasteiger partial charge on any atom is -0.342 e. The molecule has 2 amide bonds. The summed E-state index contributed by atoms with van der Waals surface area (Å²) in [6.07, 6.45) is 0.979. The Balaban J connectivity index is 1.40. The van der Waals surface area contributed by atoms with Crippen LogP contribution in [-0.2, 0) is 9.59 Å². The van der Waals surface area contributed by atoms with E-state index in [4.69, 9.17) is 0 Å². The van der Waals surface area contributed by atoms with Crippen LogP contribution in [0.2, 0.25) is 0 Å². The lowest BCUT2D eigenvalue weighted by atomic mass is 10.1. The smallest absolute Gasteiger partial charge is 0.228 e. The van der Waals surface area contributed by atoms with E-state index in [0.717, 1.165) is 23.4 Å². The molecule has 152 valence electrons. The average molecular weight is 413 g/mol. The highest BCUT2D eigenvalue weighted by Gasteiger charge is 2.37. The van der Waals surface area contributed by atoms with Crippen LogP contribution in [0.1, 0.15) is 29.2 Å². The number of hydrogen-bond donors (Lipinski definition) is 0. The Morgan fingerprint density at radius 2 is 1.86 bits per heavy atom. The normalized spacial score (nSPS) is 22.6. The highest BCUT2D eigenvalue weighted by molar-refractivity contribution is 7.99. The molecule has 2 saturated heterocycles. The summed E-state index contributed by atoms with van der Waals surface area (Å²) in [5, 5.41) is 0.0586. The molecule has 0 N–H and O–H groups in total. The molecule has 2 aliphatic heterocycles. The van der Waals surface area contributed by atoms with Crippen molar-refractivity contribution in [1.29, 1.82) is 0 Å². The predicted molar refractivity (Wildman–Crippen MR) is 114 cm³/mol. The van der Waals surface area contributed by atoms with Crippen LogP contribution in [0, 0.1) is 18.7 Å². The van der Waals surface area contributed by atoms with Crippen LogP contribution in [0.3, 0.4) is 0 Å². The minimum absolute atomic E-state index is 0.000586. The SMILES string of the molecule is Cc1ccc(N2CC(C(=O)N3CCSC(c4ccccc4F)CC3)CC2=O)cc1. The molecule has 0 radical (unpaired) electrons. The van der Waals surface area contributed by atoms with E-state index in [2.05, 4.69) is 0 Å². The van der Waals surface area contributed by atoms with E-state index in [9.17, 15) is 14.0 Å². The quantitative estimate of drug-likeness (QED) is 0.759. The van der Waals surface area contributed by atoms with E-state index in [1.165, 1.54) is 6.07 Å². The van der Waals surface area contributed by atoms with Crippen LogP contribution in [0.4, 0.5) is 10.1 Å². The third-order valence-electron chi connectivity index (χ3n) is 5.73. The molecule has 0 bridgehead atoms. The van der Waals surface area contributed by atoms with Gasteiger partial charge in [0.2, 0.25) is 11.8 Å². The molecule has 2 aromatic rings. The highest BCUT2D eigenvalue weighted by atomic mass is 32.2. The van der Waals surface area contributed by atoms with E-state index in [-0.39, 0.29) is 35.2 Å². The molecule has 2 atom stereocenters. The number of nitrogens with zero attached hydrogens (tertiary/aromatic N) is 2. The molecule has 2 aliphatic rings. The average Bonchev–Trinajstić information content (AvgIpc) is 2.95. The Morgan fingerprint density at radius 3 is 2.62 bits per heavy atom. The topological polar surface area (TPSA) is 40.6 Å². The third-order valence-corrected chi connectivity index (χ3v) is 7.04. The standard InChI is InChI=1S/C23H25FN2O2S/c1-16-6-8-18(9-7-16)26-15-17(14-22(26)27)23(28)25-11-10-21(29-13-12-25)19-4-2-3-5-20(19)24/h2-9,17,21H,10-15H2,1H3. The van der Waals surface area contributed by atoms with Gasteiger partial charge < -0.3 is 9.80 Å². The number of benzene rings is 2. The predicted octanol–water partition coefficient (Wildman–Crippen LogP) is 4.19. The molecule has 0 saturated carbocycles. The maximum Gasteiger partial charge on any atom is 0.228 e. The van der Waals surface area contributed by atoms with Gasteiger partial charge in [-0.2, -0.15) is 11.8 Å². The van der Waals surface area contributed by atoms with E-state index < -0.39 is 0 Å². The summed E-state index contributed by atoms with van der Waals surface area (Å²) >= 11 is 1.70. The number of hydrogen-bond acceptors (Lipinski definition) is 3. The van der Waals surface area contributed by atoms with Gasteiger partial charge in [-0.3, -0.25) is 9.59 Å². The Morgan fingerprint density at radius 1 is 1.10 bits per heavy atom. The van der Waals surface area contributed by atoms with Crippen molar-refractivity contribution in [2.24, 2.45) is 5.92 Å². The van der Waals surface area contributed by atoms with Crippen molar-refractivity contribution in [2.75, 3.05) is 30.3 Å². The molecule has 2 heterocycles. The highest BCUT2D eigenvalue weighted by Crippen LogP contribution is 2.36. The van der Waals surface area contributed by atoms with E-state index in [0.29, 0.717) is 25.2 Å². The lowest BCUT2D eigenvalue weighted by Gasteiger charge is -2.24.